The monoisotopic (exact) mass is 190 g/mol. The summed E-state index contributed by atoms with van der Waals surface area (Å²) in [5.74, 6) is 0.744. The van der Waals surface area contributed by atoms with E-state index < -0.39 is 0 Å². The fraction of sp³-hybridized carbons (Fsp3) is 0.222. The van der Waals surface area contributed by atoms with E-state index in [1.54, 1.807) is 17.2 Å². The van der Waals surface area contributed by atoms with Crippen LogP contribution in [0.25, 0.3) is 6.08 Å². The molecular formula is C9H10N4O. The summed E-state index contributed by atoms with van der Waals surface area (Å²) in [7, 11) is 0. The molecule has 2 rings (SSSR count). The van der Waals surface area contributed by atoms with E-state index in [2.05, 4.69) is 15.5 Å². The SMILES string of the molecule is C/C=C/c1nnnn1Cc1ccoc1. The molecule has 0 saturated heterocycles. The molecule has 5 nitrogen and oxygen atoms in total. The average Bonchev–Trinajstić information content (AvgIpc) is 2.80. The van der Waals surface area contributed by atoms with Gasteiger partial charge in [-0.05, 0) is 29.5 Å². The van der Waals surface area contributed by atoms with Crippen LogP contribution in [0.15, 0.2) is 29.1 Å². The van der Waals surface area contributed by atoms with Gasteiger partial charge in [0.1, 0.15) is 0 Å². The van der Waals surface area contributed by atoms with Crippen LogP contribution >= 0.6 is 0 Å². The summed E-state index contributed by atoms with van der Waals surface area (Å²) >= 11 is 0. The second-order valence-electron chi connectivity index (χ2n) is 2.83. The molecule has 2 aromatic rings. The predicted octanol–water partition coefficient (Wildman–Crippen LogP) is 1.35. The molecule has 72 valence electrons. The summed E-state index contributed by atoms with van der Waals surface area (Å²) < 4.78 is 6.68. The Kier molecular flexibility index (Phi) is 2.40. The highest BCUT2D eigenvalue weighted by Crippen LogP contribution is 2.04. The average molecular weight is 190 g/mol. The van der Waals surface area contributed by atoms with Gasteiger partial charge in [0.05, 0.1) is 19.1 Å². The molecule has 2 heterocycles. The van der Waals surface area contributed by atoms with Gasteiger partial charge in [-0.25, -0.2) is 4.68 Å². The number of nitrogens with zero attached hydrogens (tertiary/aromatic N) is 4. The van der Waals surface area contributed by atoms with Gasteiger partial charge in [-0.1, -0.05) is 6.08 Å². The summed E-state index contributed by atoms with van der Waals surface area (Å²) in [4.78, 5) is 0. The van der Waals surface area contributed by atoms with Crippen LogP contribution in [0.5, 0.6) is 0 Å². The van der Waals surface area contributed by atoms with Crippen LogP contribution in [0.3, 0.4) is 0 Å². The molecular weight excluding hydrogens is 180 g/mol. The largest absolute Gasteiger partial charge is 0.472 e. The fourth-order valence-electron chi connectivity index (χ4n) is 1.15. The first-order valence-electron chi connectivity index (χ1n) is 4.30. The Morgan fingerprint density at radius 3 is 3.21 bits per heavy atom. The highest BCUT2D eigenvalue weighted by atomic mass is 16.3. The van der Waals surface area contributed by atoms with Gasteiger partial charge in [0.25, 0.3) is 0 Å². The molecule has 0 atom stereocenters. The van der Waals surface area contributed by atoms with Crippen LogP contribution in [0.4, 0.5) is 0 Å². The first-order chi connectivity index (χ1) is 6.90. The molecule has 0 fully saturated rings. The van der Waals surface area contributed by atoms with Crippen molar-refractivity contribution >= 4 is 6.08 Å². The van der Waals surface area contributed by atoms with Gasteiger partial charge in [0.15, 0.2) is 5.82 Å². The summed E-state index contributed by atoms with van der Waals surface area (Å²) in [5.41, 5.74) is 1.04. The zero-order chi connectivity index (χ0) is 9.80. The zero-order valence-electron chi connectivity index (χ0n) is 7.79. The van der Waals surface area contributed by atoms with E-state index in [0.717, 1.165) is 11.4 Å². The van der Waals surface area contributed by atoms with Crippen molar-refractivity contribution in [3.05, 3.63) is 36.1 Å². The number of tetrazole rings is 1. The van der Waals surface area contributed by atoms with Crippen LogP contribution in [0.1, 0.15) is 18.3 Å². The van der Waals surface area contributed by atoms with Crippen LogP contribution in [-0.2, 0) is 6.54 Å². The van der Waals surface area contributed by atoms with Crippen molar-refractivity contribution in [2.45, 2.75) is 13.5 Å². The zero-order valence-corrected chi connectivity index (χ0v) is 7.79. The van der Waals surface area contributed by atoms with E-state index in [1.165, 1.54) is 0 Å². The maximum Gasteiger partial charge on any atom is 0.174 e. The second kappa shape index (κ2) is 3.87. The Labute approximate surface area is 81.0 Å². The van der Waals surface area contributed by atoms with Crippen LogP contribution in [0, 0.1) is 0 Å². The number of allylic oxidation sites excluding steroid dienone is 1. The van der Waals surface area contributed by atoms with Crippen LogP contribution in [-0.4, -0.2) is 20.2 Å². The van der Waals surface area contributed by atoms with E-state index in [0.29, 0.717) is 6.54 Å². The third-order valence-electron chi connectivity index (χ3n) is 1.79. The fourth-order valence-corrected chi connectivity index (χ4v) is 1.15. The van der Waals surface area contributed by atoms with Crippen molar-refractivity contribution in [3.8, 4) is 0 Å². The molecule has 0 saturated carbocycles. The maximum absolute atomic E-state index is 4.96. The third-order valence-corrected chi connectivity index (χ3v) is 1.79. The number of hydrogen-bond acceptors (Lipinski definition) is 4. The highest BCUT2D eigenvalue weighted by Gasteiger charge is 2.03. The van der Waals surface area contributed by atoms with Gasteiger partial charge in [-0.15, -0.1) is 5.10 Å². The highest BCUT2D eigenvalue weighted by molar-refractivity contribution is 5.38. The summed E-state index contributed by atoms with van der Waals surface area (Å²) in [6.07, 6.45) is 7.08. The van der Waals surface area contributed by atoms with E-state index in [-0.39, 0.29) is 0 Å². The van der Waals surface area contributed by atoms with Crippen molar-refractivity contribution in [2.75, 3.05) is 0 Å². The molecule has 0 bridgehead atoms. The van der Waals surface area contributed by atoms with E-state index in [1.807, 2.05) is 25.1 Å². The van der Waals surface area contributed by atoms with Crippen molar-refractivity contribution < 1.29 is 4.42 Å². The molecule has 0 aliphatic carbocycles. The molecule has 0 N–H and O–H groups in total. The van der Waals surface area contributed by atoms with Crippen molar-refractivity contribution in [1.29, 1.82) is 0 Å². The Morgan fingerprint density at radius 2 is 2.50 bits per heavy atom. The molecule has 0 unspecified atom stereocenters. The number of rotatable bonds is 3. The molecule has 14 heavy (non-hydrogen) atoms. The standard InChI is InChI=1S/C9H10N4O/c1-2-3-9-10-11-12-13(9)6-8-4-5-14-7-8/h2-5,7H,6H2,1H3/b3-2+. The Hall–Kier alpha value is -1.91. The molecule has 2 aromatic heterocycles. The minimum absolute atomic E-state index is 0.628. The van der Waals surface area contributed by atoms with Crippen LogP contribution in [0.2, 0.25) is 0 Å². The lowest BCUT2D eigenvalue weighted by molar-refractivity contribution is 0.558. The van der Waals surface area contributed by atoms with Gasteiger partial charge < -0.3 is 4.42 Å². The molecule has 0 aliphatic rings. The first kappa shape index (κ1) is 8.68. The van der Waals surface area contributed by atoms with E-state index in [4.69, 9.17) is 4.42 Å². The molecule has 0 aromatic carbocycles. The lowest BCUT2D eigenvalue weighted by Crippen LogP contribution is -2.03. The molecule has 0 aliphatic heterocycles. The molecule has 0 radical (unpaired) electrons. The smallest absolute Gasteiger partial charge is 0.174 e. The third kappa shape index (κ3) is 1.71. The molecule has 0 spiro atoms. The van der Waals surface area contributed by atoms with Gasteiger partial charge in [-0.3, -0.25) is 0 Å². The lowest BCUT2D eigenvalue weighted by Gasteiger charge is -1.97. The number of hydrogen-bond donors (Lipinski definition) is 0. The Balaban J connectivity index is 2.20. The molecule has 5 heteroatoms. The van der Waals surface area contributed by atoms with E-state index >= 15 is 0 Å². The van der Waals surface area contributed by atoms with Gasteiger partial charge >= 0.3 is 0 Å². The Bertz CT molecular complexity index is 416. The number of aromatic nitrogens is 4. The lowest BCUT2D eigenvalue weighted by atomic mass is 10.3. The number of furan rings is 1. The van der Waals surface area contributed by atoms with E-state index in [9.17, 15) is 0 Å². The predicted molar refractivity (Wildman–Crippen MR) is 50.3 cm³/mol. The normalized spacial score (nSPS) is 11.2. The van der Waals surface area contributed by atoms with Gasteiger partial charge in [-0.2, -0.15) is 0 Å². The summed E-state index contributed by atoms with van der Waals surface area (Å²) in [6, 6.07) is 1.89. The first-order valence-corrected chi connectivity index (χ1v) is 4.30. The van der Waals surface area contributed by atoms with Crippen molar-refractivity contribution in [2.24, 2.45) is 0 Å². The van der Waals surface area contributed by atoms with Gasteiger partial charge in [0.2, 0.25) is 0 Å². The van der Waals surface area contributed by atoms with Gasteiger partial charge in [0, 0.05) is 5.56 Å². The van der Waals surface area contributed by atoms with Crippen LogP contribution < -0.4 is 0 Å². The summed E-state index contributed by atoms with van der Waals surface area (Å²) in [5, 5.41) is 11.3. The topological polar surface area (TPSA) is 56.7 Å². The van der Waals surface area contributed by atoms with Crippen molar-refractivity contribution in [1.82, 2.24) is 20.2 Å². The Morgan fingerprint density at radius 1 is 1.57 bits per heavy atom. The second-order valence-corrected chi connectivity index (χ2v) is 2.83. The van der Waals surface area contributed by atoms with Crippen molar-refractivity contribution in [3.63, 3.8) is 0 Å². The minimum Gasteiger partial charge on any atom is -0.472 e. The molecule has 0 amide bonds. The quantitative estimate of drug-likeness (QED) is 0.733. The minimum atomic E-state index is 0.628. The maximum atomic E-state index is 4.96. The summed E-state index contributed by atoms with van der Waals surface area (Å²) in [6.45, 7) is 2.56.